The van der Waals surface area contributed by atoms with E-state index in [4.69, 9.17) is 4.74 Å². The zero-order chi connectivity index (χ0) is 15.3. The molecule has 0 saturated heterocycles. The minimum Gasteiger partial charge on any atom is -0.458 e. The lowest BCUT2D eigenvalue weighted by Crippen LogP contribution is -2.32. The summed E-state index contributed by atoms with van der Waals surface area (Å²) >= 11 is 0. The standard InChI is InChI=1S/C17H17NO4/c19-17(10-4-6-12(7-5-10)18(20)21)22-16-9-11-8-15(16)14-3-1-2-13(11)14/h1-2,4-7,11,13-16H,3,8-9H2/t11-,13-,14+,15-,16-/m1/s1. The van der Waals surface area contributed by atoms with E-state index in [1.54, 1.807) is 0 Å². The van der Waals surface area contributed by atoms with Crippen molar-refractivity contribution >= 4 is 11.7 Å². The van der Waals surface area contributed by atoms with Crippen molar-refractivity contribution < 1.29 is 14.5 Å². The van der Waals surface area contributed by atoms with Crippen LogP contribution in [0, 0.1) is 33.8 Å². The highest BCUT2D eigenvalue weighted by molar-refractivity contribution is 5.89. The Morgan fingerprint density at radius 1 is 1.18 bits per heavy atom. The minimum atomic E-state index is -0.474. The van der Waals surface area contributed by atoms with E-state index in [0.717, 1.165) is 19.3 Å². The monoisotopic (exact) mass is 299 g/mol. The number of benzene rings is 1. The molecule has 114 valence electrons. The summed E-state index contributed by atoms with van der Waals surface area (Å²) in [4.78, 5) is 22.4. The van der Waals surface area contributed by atoms with Gasteiger partial charge in [-0.3, -0.25) is 10.1 Å². The molecule has 22 heavy (non-hydrogen) atoms. The van der Waals surface area contributed by atoms with Crippen molar-refractivity contribution in [2.75, 3.05) is 0 Å². The number of nitro benzene ring substituents is 1. The lowest BCUT2D eigenvalue weighted by atomic mass is 9.80. The largest absolute Gasteiger partial charge is 0.458 e. The van der Waals surface area contributed by atoms with Crippen LogP contribution in [0.1, 0.15) is 29.6 Å². The number of hydrogen-bond donors (Lipinski definition) is 0. The van der Waals surface area contributed by atoms with Crippen LogP contribution in [0.5, 0.6) is 0 Å². The fourth-order valence-corrected chi connectivity index (χ4v) is 4.56. The Labute approximate surface area is 128 Å². The second-order valence-corrected chi connectivity index (χ2v) is 6.55. The molecule has 0 N–H and O–H groups in total. The SMILES string of the molecule is O=C(O[C@@H]1C[C@H]2C[C@@H]1[C@H]1CC=C[C@H]21)c1ccc([N+](=O)[O-])cc1. The molecule has 2 fully saturated rings. The highest BCUT2D eigenvalue weighted by Gasteiger charge is 2.53. The molecule has 3 aliphatic carbocycles. The van der Waals surface area contributed by atoms with Gasteiger partial charge in [-0.2, -0.15) is 0 Å². The van der Waals surface area contributed by atoms with E-state index < -0.39 is 4.92 Å². The Kier molecular flexibility index (Phi) is 3.03. The minimum absolute atomic E-state index is 0.00819. The van der Waals surface area contributed by atoms with E-state index in [-0.39, 0.29) is 17.8 Å². The van der Waals surface area contributed by atoms with Crippen molar-refractivity contribution in [3.63, 3.8) is 0 Å². The first kappa shape index (κ1) is 13.5. The third-order valence-electron chi connectivity index (χ3n) is 5.51. The first-order chi connectivity index (χ1) is 10.6. The molecule has 0 aliphatic heterocycles. The number of ether oxygens (including phenoxy) is 1. The summed E-state index contributed by atoms with van der Waals surface area (Å²) in [5.41, 5.74) is 0.366. The van der Waals surface area contributed by atoms with Crippen molar-refractivity contribution in [1.29, 1.82) is 0 Å². The fourth-order valence-electron chi connectivity index (χ4n) is 4.56. The van der Waals surface area contributed by atoms with E-state index in [1.165, 1.54) is 24.3 Å². The zero-order valence-electron chi connectivity index (χ0n) is 12.1. The van der Waals surface area contributed by atoms with Crippen molar-refractivity contribution in [2.24, 2.45) is 23.7 Å². The molecule has 2 bridgehead atoms. The van der Waals surface area contributed by atoms with Gasteiger partial charge in [0.05, 0.1) is 10.5 Å². The second-order valence-electron chi connectivity index (χ2n) is 6.55. The average Bonchev–Trinajstić information content (AvgIpc) is 3.19. The van der Waals surface area contributed by atoms with Crippen LogP contribution >= 0.6 is 0 Å². The van der Waals surface area contributed by atoms with Crippen molar-refractivity contribution in [2.45, 2.75) is 25.4 Å². The number of hydrogen-bond acceptors (Lipinski definition) is 4. The first-order valence-electron chi connectivity index (χ1n) is 7.75. The van der Waals surface area contributed by atoms with Gasteiger partial charge < -0.3 is 4.74 Å². The van der Waals surface area contributed by atoms with Crippen LogP contribution in [0.3, 0.4) is 0 Å². The van der Waals surface area contributed by atoms with E-state index in [9.17, 15) is 14.9 Å². The molecule has 3 aliphatic rings. The molecule has 0 radical (unpaired) electrons. The summed E-state index contributed by atoms with van der Waals surface area (Å²) in [5.74, 6) is 2.11. The molecule has 2 saturated carbocycles. The summed E-state index contributed by atoms with van der Waals surface area (Å²) in [6.07, 6.45) is 7.83. The van der Waals surface area contributed by atoms with Crippen LogP contribution in [0.25, 0.3) is 0 Å². The van der Waals surface area contributed by atoms with E-state index >= 15 is 0 Å². The molecule has 0 amide bonds. The molecule has 1 aromatic rings. The van der Waals surface area contributed by atoms with Gasteiger partial charge in [0, 0.05) is 12.1 Å². The van der Waals surface area contributed by atoms with Gasteiger partial charge in [0.1, 0.15) is 6.10 Å². The third kappa shape index (κ3) is 2.03. The Balaban J connectivity index is 1.44. The van der Waals surface area contributed by atoms with Gasteiger partial charge in [-0.15, -0.1) is 0 Å². The van der Waals surface area contributed by atoms with Crippen LogP contribution in [0.4, 0.5) is 5.69 Å². The normalized spacial score (nSPS) is 34.6. The molecule has 1 aromatic carbocycles. The summed E-state index contributed by atoms with van der Waals surface area (Å²) in [7, 11) is 0. The molecule has 5 atom stereocenters. The number of non-ortho nitro benzene ring substituents is 1. The van der Waals surface area contributed by atoms with E-state index in [1.807, 2.05) is 0 Å². The van der Waals surface area contributed by atoms with Gasteiger partial charge in [-0.25, -0.2) is 4.79 Å². The number of carbonyl (C=O) groups excluding carboxylic acids is 1. The van der Waals surface area contributed by atoms with Crippen LogP contribution in [0.15, 0.2) is 36.4 Å². The van der Waals surface area contributed by atoms with E-state index in [2.05, 4.69) is 12.2 Å². The molecule has 5 nitrogen and oxygen atoms in total. The number of esters is 1. The van der Waals surface area contributed by atoms with Crippen LogP contribution in [-0.4, -0.2) is 17.0 Å². The molecule has 4 rings (SSSR count). The smallest absolute Gasteiger partial charge is 0.338 e. The summed E-state index contributed by atoms with van der Waals surface area (Å²) in [5, 5.41) is 10.6. The molecular weight excluding hydrogens is 282 g/mol. The Morgan fingerprint density at radius 3 is 2.68 bits per heavy atom. The quantitative estimate of drug-likeness (QED) is 0.371. The highest BCUT2D eigenvalue weighted by atomic mass is 16.6. The average molecular weight is 299 g/mol. The Bertz CT molecular complexity index is 651. The fraction of sp³-hybridized carbons (Fsp3) is 0.471. The number of fused-ring (bicyclic) bond motifs is 5. The number of allylic oxidation sites excluding steroid dienone is 2. The maximum atomic E-state index is 12.2. The maximum Gasteiger partial charge on any atom is 0.338 e. The molecule has 0 spiro atoms. The van der Waals surface area contributed by atoms with Gasteiger partial charge in [-0.1, -0.05) is 12.2 Å². The van der Waals surface area contributed by atoms with Gasteiger partial charge in [0.25, 0.3) is 5.69 Å². The van der Waals surface area contributed by atoms with Crippen LogP contribution < -0.4 is 0 Å². The van der Waals surface area contributed by atoms with Crippen LogP contribution in [-0.2, 0) is 4.74 Å². The van der Waals surface area contributed by atoms with Gasteiger partial charge in [0.15, 0.2) is 0 Å². The van der Waals surface area contributed by atoms with Crippen LogP contribution in [0.2, 0.25) is 0 Å². The molecule has 5 heteroatoms. The number of nitro groups is 1. The van der Waals surface area contributed by atoms with Crippen molar-refractivity contribution in [1.82, 2.24) is 0 Å². The molecule has 0 heterocycles. The number of nitrogens with zero attached hydrogens (tertiary/aromatic N) is 1. The van der Waals surface area contributed by atoms with E-state index in [0.29, 0.717) is 29.2 Å². The maximum absolute atomic E-state index is 12.2. The predicted molar refractivity (Wildman–Crippen MR) is 79.3 cm³/mol. The summed E-state index contributed by atoms with van der Waals surface area (Å²) in [6.45, 7) is 0. The van der Waals surface area contributed by atoms with Gasteiger partial charge in [0.2, 0.25) is 0 Å². The highest BCUT2D eigenvalue weighted by Crippen LogP contribution is 2.57. The zero-order valence-corrected chi connectivity index (χ0v) is 12.1. The topological polar surface area (TPSA) is 69.4 Å². The number of carbonyl (C=O) groups is 1. The van der Waals surface area contributed by atoms with Gasteiger partial charge in [-0.05, 0) is 55.1 Å². The molecule has 0 unspecified atom stereocenters. The third-order valence-corrected chi connectivity index (χ3v) is 5.51. The second kappa shape index (κ2) is 4.93. The number of rotatable bonds is 3. The predicted octanol–water partition coefficient (Wildman–Crippen LogP) is 3.35. The summed E-state index contributed by atoms with van der Waals surface area (Å²) in [6, 6.07) is 5.61. The Morgan fingerprint density at radius 2 is 1.95 bits per heavy atom. The van der Waals surface area contributed by atoms with Crippen molar-refractivity contribution in [3.05, 3.63) is 52.1 Å². The lowest BCUT2D eigenvalue weighted by molar-refractivity contribution is -0.384. The Hall–Kier alpha value is -2.17. The summed E-state index contributed by atoms with van der Waals surface area (Å²) < 4.78 is 5.70. The molecule has 0 aromatic heterocycles. The lowest BCUT2D eigenvalue weighted by Gasteiger charge is -2.31. The van der Waals surface area contributed by atoms with Crippen molar-refractivity contribution in [3.8, 4) is 0 Å². The molecular formula is C17H17NO4. The first-order valence-corrected chi connectivity index (χ1v) is 7.75. The van der Waals surface area contributed by atoms with Gasteiger partial charge >= 0.3 is 5.97 Å².